The molecule has 0 aliphatic carbocycles. The van der Waals surface area contributed by atoms with E-state index in [1.165, 1.54) is 25.4 Å². The van der Waals surface area contributed by atoms with E-state index >= 15 is 0 Å². The fourth-order valence-electron chi connectivity index (χ4n) is 1.49. The van der Waals surface area contributed by atoms with Crippen molar-refractivity contribution in [3.8, 4) is 11.4 Å². The van der Waals surface area contributed by atoms with Crippen molar-refractivity contribution in [1.82, 2.24) is 20.4 Å². The molecule has 0 saturated heterocycles. The van der Waals surface area contributed by atoms with Crippen molar-refractivity contribution in [3.63, 3.8) is 0 Å². The number of alkyl halides is 3. The maximum absolute atomic E-state index is 12.4. The standard InChI is InChI=1S/C12H11F3N4O3/c1-21-6-9(20)17-5-8-3-2-7(4-16-8)10-18-11(22-19-10)12(13,14)15/h2-4H,5-6H2,1H3,(H,17,20). The average molecular weight is 316 g/mol. The van der Waals surface area contributed by atoms with Gasteiger partial charge in [0.2, 0.25) is 11.7 Å². The lowest BCUT2D eigenvalue weighted by atomic mass is 10.2. The third kappa shape index (κ3) is 4.01. The molecule has 118 valence electrons. The number of carbonyl (C=O) groups excluding carboxylic acids is 1. The van der Waals surface area contributed by atoms with Crippen molar-refractivity contribution in [2.75, 3.05) is 13.7 Å². The predicted octanol–water partition coefficient (Wildman–Crippen LogP) is 1.41. The Morgan fingerprint density at radius 2 is 2.18 bits per heavy atom. The number of halogens is 3. The van der Waals surface area contributed by atoms with Crippen molar-refractivity contribution in [1.29, 1.82) is 0 Å². The molecule has 2 rings (SSSR count). The van der Waals surface area contributed by atoms with Gasteiger partial charge >= 0.3 is 12.1 Å². The van der Waals surface area contributed by atoms with Crippen LogP contribution in [0, 0.1) is 0 Å². The molecule has 10 heteroatoms. The minimum Gasteiger partial charge on any atom is -0.375 e. The molecular formula is C12H11F3N4O3. The first kappa shape index (κ1) is 15.9. The van der Waals surface area contributed by atoms with Crippen molar-refractivity contribution < 1.29 is 27.2 Å². The third-order valence-corrected chi connectivity index (χ3v) is 2.49. The van der Waals surface area contributed by atoms with Crippen LogP contribution in [0.25, 0.3) is 11.4 Å². The molecule has 0 aliphatic rings. The first-order chi connectivity index (χ1) is 10.4. The monoisotopic (exact) mass is 316 g/mol. The Labute approximate surface area is 122 Å². The molecule has 0 bridgehead atoms. The number of carbonyl (C=O) groups is 1. The van der Waals surface area contributed by atoms with E-state index in [0.29, 0.717) is 5.69 Å². The summed E-state index contributed by atoms with van der Waals surface area (Å²) in [6.45, 7) is 0.101. The molecule has 0 aromatic carbocycles. The second-order valence-corrected chi connectivity index (χ2v) is 4.17. The summed E-state index contributed by atoms with van der Waals surface area (Å²) in [5, 5.41) is 5.81. The van der Waals surface area contributed by atoms with Crippen molar-refractivity contribution >= 4 is 5.91 Å². The zero-order valence-corrected chi connectivity index (χ0v) is 11.3. The topological polar surface area (TPSA) is 90.1 Å². The summed E-state index contributed by atoms with van der Waals surface area (Å²) in [6, 6.07) is 3.02. The summed E-state index contributed by atoms with van der Waals surface area (Å²) in [4.78, 5) is 18.4. The molecule has 0 unspecified atom stereocenters. The van der Waals surface area contributed by atoms with Gasteiger partial charge in [0.15, 0.2) is 0 Å². The van der Waals surface area contributed by atoms with E-state index in [1.807, 2.05) is 0 Å². The Bertz CT molecular complexity index is 640. The number of pyridine rings is 1. The lowest BCUT2D eigenvalue weighted by molar-refractivity contribution is -0.159. The SMILES string of the molecule is COCC(=O)NCc1ccc(-c2noc(C(F)(F)F)n2)cn1. The number of hydrogen-bond acceptors (Lipinski definition) is 6. The van der Waals surface area contributed by atoms with Gasteiger partial charge in [-0.3, -0.25) is 9.78 Å². The lowest BCUT2D eigenvalue weighted by Crippen LogP contribution is -2.26. The number of methoxy groups -OCH3 is 1. The van der Waals surface area contributed by atoms with Crippen molar-refractivity contribution in [2.24, 2.45) is 0 Å². The number of hydrogen-bond donors (Lipinski definition) is 1. The summed E-state index contributed by atoms with van der Waals surface area (Å²) in [7, 11) is 1.40. The van der Waals surface area contributed by atoms with Gasteiger partial charge in [0.1, 0.15) is 6.61 Å². The first-order valence-corrected chi connectivity index (χ1v) is 6.02. The Morgan fingerprint density at radius 3 is 2.73 bits per heavy atom. The summed E-state index contributed by atoms with van der Waals surface area (Å²) >= 11 is 0. The molecule has 7 nitrogen and oxygen atoms in total. The van der Waals surface area contributed by atoms with Crippen LogP contribution >= 0.6 is 0 Å². The minimum atomic E-state index is -4.69. The molecule has 0 radical (unpaired) electrons. The number of aromatic nitrogens is 3. The fourth-order valence-corrected chi connectivity index (χ4v) is 1.49. The number of rotatable bonds is 5. The predicted molar refractivity (Wildman–Crippen MR) is 66.3 cm³/mol. The van der Waals surface area contributed by atoms with Crippen molar-refractivity contribution in [2.45, 2.75) is 12.7 Å². The van der Waals surface area contributed by atoms with E-state index in [2.05, 4.69) is 29.7 Å². The zero-order chi connectivity index (χ0) is 16.2. The van der Waals surface area contributed by atoms with Crippen LogP contribution in [0.15, 0.2) is 22.9 Å². The van der Waals surface area contributed by atoms with E-state index < -0.39 is 12.1 Å². The van der Waals surface area contributed by atoms with Crippen LogP contribution in [0.5, 0.6) is 0 Å². The van der Waals surface area contributed by atoms with E-state index in [4.69, 9.17) is 0 Å². The van der Waals surface area contributed by atoms with Gasteiger partial charge in [-0.15, -0.1) is 0 Å². The maximum Gasteiger partial charge on any atom is 0.471 e. The molecule has 2 aromatic rings. The quantitative estimate of drug-likeness (QED) is 0.897. The highest BCUT2D eigenvalue weighted by molar-refractivity contribution is 5.77. The number of nitrogens with one attached hydrogen (secondary N) is 1. The van der Waals surface area contributed by atoms with Gasteiger partial charge in [-0.25, -0.2) is 0 Å². The number of amides is 1. The smallest absolute Gasteiger partial charge is 0.375 e. The highest BCUT2D eigenvalue weighted by Gasteiger charge is 2.38. The lowest BCUT2D eigenvalue weighted by Gasteiger charge is -2.04. The van der Waals surface area contributed by atoms with Gasteiger partial charge in [-0.05, 0) is 12.1 Å². The summed E-state index contributed by atoms with van der Waals surface area (Å²) in [5.41, 5.74) is 0.791. The molecule has 1 N–H and O–H groups in total. The molecule has 0 aliphatic heterocycles. The molecule has 0 fully saturated rings. The molecule has 22 heavy (non-hydrogen) atoms. The van der Waals surface area contributed by atoms with Crippen LogP contribution < -0.4 is 5.32 Å². The van der Waals surface area contributed by atoms with Crippen LogP contribution in [0.3, 0.4) is 0 Å². The second-order valence-electron chi connectivity index (χ2n) is 4.17. The molecule has 0 atom stereocenters. The highest BCUT2D eigenvalue weighted by Crippen LogP contribution is 2.29. The first-order valence-electron chi connectivity index (χ1n) is 6.02. The molecular weight excluding hydrogens is 305 g/mol. The van der Waals surface area contributed by atoms with Gasteiger partial charge in [0, 0.05) is 18.9 Å². The van der Waals surface area contributed by atoms with Crippen LogP contribution in [-0.4, -0.2) is 34.7 Å². The maximum atomic E-state index is 12.4. The summed E-state index contributed by atoms with van der Waals surface area (Å²) < 4.78 is 45.9. The Hall–Kier alpha value is -2.49. The van der Waals surface area contributed by atoms with E-state index in [-0.39, 0.29) is 30.4 Å². The second kappa shape index (κ2) is 6.52. The Kier molecular flexibility index (Phi) is 4.71. The molecule has 2 heterocycles. The van der Waals surface area contributed by atoms with E-state index in [1.54, 1.807) is 0 Å². The van der Waals surface area contributed by atoms with Gasteiger partial charge in [-0.1, -0.05) is 5.16 Å². The molecule has 0 saturated carbocycles. The van der Waals surface area contributed by atoms with Gasteiger partial charge in [-0.2, -0.15) is 18.2 Å². The summed E-state index contributed by atoms with van der Waals surface area (Å²) in [6.07, 6.45) is -3.40. The minimum absolute atomic E-state index is 0.0683. The molecule has 1 amide bonds. The molecule has 0 spiro atoms. The normalized spacial score (nSPS) is 11.5. The van der Waals surface area contributed by atoms with E-state index in [0.717, 1.165) is 0 Å². The van der Waals surface area contributed by atoms with Crippen LogP contribution in [0.4, 0.5) is 13.2 Å². The highest BCUT2D eigenvalue weighted by atomic mass is 19.4. The largest absolute Gasteiger partial charge is 0.471 e. The van der Waals surface area contributed by atoms with E-state index in [9.17, 15) is 18.0 Å². The number of ether oxygens (including phenoxy) is 1. The summed E-state index contributed by atoms with van der Waals surface area (Å²) in [5.74, 6) is -1.94. The van der Waals surface area contributed by atoms with Gasteiger partial charge in [0.25, 0.3) is 0 Å². The van der Waals surface area contributed by atoms with Gasteiger partial charge in [0.05, 0.1) is 12.2 Å². The van der Waals surface area contributed by atoms with Crippen LogP contribution in [0.2, 0.25) is 0 Å². The zero-order valence-electron chi connectivity index (χ0n) is 11.3. The molecule has 2 aromatic heterocycles. The number of nitrogens with zero attached hydrogens (tertiary/aromatic N) is 3. The third-order valence-electron chi connectivity index (χ3n) is 2.49. The van der Waals surface area contributed by atoms with Crippen LogP contribution in [-0.2, 0) is 22.3 Å². The average Bonchev–Trinajstić information content (AvgIpc) is 2.96. The Balaban J connectivity index is 2.03. The van der Waals surface area contributed by atoms with Crippen molar-refractivity contribution in [3.05, 3.63) is 29.9 Å². The van der Waals surface area contributed by atoms with Gasteiger partial charge < -0.3 is 14.6 Å². The fraction of sp³-hybridized carbons (Fsp3) is 0.333. The van der Waals surface area contributed by atoms with Crippen LogP contribution in [0.1, 0.15) is 11.6 Å². The Morgan fingerprint density at radius 1 is 1.41 bits per heavy atom.